The Hall–Kier alpha value is -2.16. The Morgan fingerprint density at radius 2 is 2.32 bits per heavy atom. The second-order valence-corrected chi connectivity index (χ2v) is 5.04. The van der Waals surface area contributed by atoms with Crippen LogP contribution in [0.5, 0.6) is 0 Å². The molecule has 0 saturated heterocycles. The van der Waals surface area contributed by atoms with Gasteiger partial charge in [-0.3, -0.25) is 9.79 Å². The van der Waals surface area contributed by atoms with Gasteiger partial charge in [0.25, 0.3) is 0 Å². The first-order chi connectivity index (χ1) is 9.28. The standard InChI is InChI=1S/C16H16N2O/c1-12-5-7-17-14(9-12)10-18-8-6-15-13(11-19)3-2-4-16(15)18/h2-8,11,14H,9-10H2,1H3. The highest BCUT2D eigenvalue weighted by Crippen LogP contribution is 2.21. The van der Waals surface area contributed by atoms with Gasteiger partial charge in [0.2, 0.25) is 0 Å². The fourth-order valence-corrected chi connectivity index (χ4v) is 2.63. The van der Waals surface area contributed by atoms with Gasteiger partial charge >= 0.3 is 0 Å². The molecule has 1 unspecified atom stereocenters. The maximum atomic E-state index is 11.0. The Morgan fingerprint density at radius 3 is 3.11 bits per heavy atom. The van der Waals surface area contributed by atoms with Gasteiger partial charge in [-0.2, -0.15) is 0 Å². The lowest BCUT2D eigenvalue weighted by atomic mass is 10.1. The van der Waals surface area contributed by atoms with E-state index in [-0.39, 0.29) is 0 Å². The first kappa shape index (κ1) is 11.9. The van der Waals surface area contributed by atoms with Crippen LogP contribution in [0.3, 0.4) is 0 Å². The summed E-state index contributed by atoms with van der Waals surface area (Å²) in [7, 11) is 0. The van der Waals surface area contributed by atoms with E-state index in [0.717, 1.165) is 35.7 Å². The van der Waals surface area contributed by atoms with Crippen molar-refractivity contribution in [2.45, 2.75) is 25.9 Å². The minimum absolute atomic E-state index is 0.292. The second kappa shape index (κ2) is 4.84. The van der Waals surface area contributed by atoms with Crippen LogP contribution in [0.25, 0.3) is 10.9 Å². The number of carbonyl (C=O) groups is 1. The highest BCUT2D eigenvalue weighted by Gasteiger charge is 2.12. The number of fused-ring (bicyclic) bond motifs is 1. The minimum Gasteiger partial charge on any atom is -0.345 e. The van der Waals surface area contributed by atoms with Crippen LogP contribution in [-0.4, -0.2) is 23.1 Å². The minimum atomic E-state index is 0.292. The summed E-state index contributed by atoms with van der Waals surface area (Å²) in [5.41, 5.74) is 3.22. The number of rotatable bonds is 3. The molecule has 3 rings (SSSR count). The lowest BCUT2D eigenvalue weighted by Gasteiger charge is -2.17. The summed E-state index contributed by atoms with van der Waals surface area (Å²) < 4.78 is 2.18. The van der Waals surface area contributed by atoms with Crippen molar-refractivity contribution in [3.63, 3.8) is 0 Å². The van der Waals surface area contributed by atoms with E-state index >= 15 is 0 Å². The van der Waals surface area contributed by atoms with Crippen LogP contribution in [0.4, 0.5) is 0 Å². The molecular weight excluding hydrogens is 236 g/mol. The molecule has 96 valence electrons. The summed E-state index contributed by atoms with van der Waals surface area (Å²) in [6.07, 6.45) is 7.92. The third-order valence-electron chi connectivity index (χ3n) is 3.60. The largest absolute Gasteiger partial charge is 0.345 e. The van der Waals surface area contributed by atoms with Gasteiger partial charge in [-0.1, -0.05) is 17.7 Å². The van der Waals surface area contributed by atoms with E-state index in [1.165, 1.54) is 5.57 Å². The molecule has 2 heterocycles. The van der Waals surface area contributed by atoms with Crippen LogP contribution in [-0.2, 0) is 6.54 Å². The molecule has 1 aliphatic heterocycles. The average molecular weight is 252 g/mol. The molecule has 3 heteroatoms. The van der Waals surface area contributed by atoms with Crippen molar-refractivity contribution in [1.29, 1.82) is 0 Å². The summed E-state index contributed by atoms with van der Waals surface area (Å²) in [5, 5.41) is 1.02. The molecule has 1 atom stereocenters. The molecule has 1 aliphatic rings. The molecule has 0 bridgehead atoms. The van der Waals surface area contributed by atoms with Crippen molar-refractivity contribution >= 4 is 23.4 Å². The van der Waals surface area contributed by atoms with Gasteiger partial charge in [0.15, 0.2) is 6.29 Å². The van der Waals surface area contributed by atoms with Crippen molar-refractivity contribution in [2.75, 3.05) is 0 Å². The van der Waals surface area contributed by atoms with E-state index in [2.05, 4.69) is 28.6 Å². The summed E-state index contributed by atoms with van der Waals surface area (Å²) in [6, 6.07) is 8.13. The molecule has 3 nitrogen and oxygen atoms in total. The quantitative estimate of drug-likeness (QED) is 0.772. The smallest absolute Gasteiger partial charge is 0.150 e. The molecule has 2 aromatic rings. The Kier molecular flexibility index (Phi) is 3.03. The first-order valence-electron chi connectivity index (χ1n) is 6.50. The number of aliphatic imine (C=N–C) groups is 1. The van der Waals surface area contributed by atoms with Gasteiger partial charge < -0.3 is 4.57 Å². The predicted octanol–water partition coefficient (Wildman–Crippen LogP) is 3.24. The van der Waals surface area contributed by atoms with E-state index in [1.54, 1.807) is 0 Å². The van der Waals surface area contributed by atoms with E-state index in [0.29, 0.717) is 6.04 Å². The fraction of sp³-hybridized carbons (Fsp3) is 0.250. The van der Waals surface area contributed by atoms with Crippen LogP contribution in [0, 0.1) is 0 Å². The fourth-order valence-electron chi connectivity index (χ4n) is 2.63. The summed E-state index contributed by atoms with van der Waals surface area (Å²) >= 11 is 0. The number of nitrogens with zero attached hydrogens (tertiary/aromatic N) is 2. The third kappa shape index (κ3) is 2.24. The molecule has 1 aromatic heterocycles. The first-order valence-corrected chi connectivity index (χ1v) is 6.50. The van der Waals surface area contributed by atoms with E-state index < -0.39 is 0 Å². The van der Waals surface area contributed by atoms with E-state index in [1.807, 2.05) is 30.6 Å². The summed E-state index contributed by atoms with van der Waals surface area (Å²) in [5.74, 6) is 0. The Bertz CT molecular complexity index is 679. The topological polar surface area (TPSA) is 34.4 Å². The predicted molar refractivity (Wildman–Crippen MR) is 78.0 cm³/mol. The highest BCUT2D eigenvalue weighted by atomic mass is 16.1. The summed E-state index contributed by atoms with van der Waals surface area (Å²) in [6.45, 7) is 2.99. The van der Waals surface area contributed by atoms with Gasteiger partial charge in [-0.25, -0.2) is 0 Å². The van der Waals surface area contributed by atoms with Gasteiger partial charge in [0, 0.05) is 35.4 Å². The lowest BCUT2D eigenvalue weighted by molar-refractivity contribution is 0.112. The molecule has 0 N–H and O–H groups in total. The normalized spacial score (nSPS) is 18.6. The zero-order chi connectivity index (χ0) is 13.2. The van der Waals surface area contributed by atoms with Crippen LogP contribution >= 0.6 is 0 Å². The van der Waals surface area contributed by atoms with Crippen LogP contribution < -0.4 is 0 Å². The zero-order valence-electron chi connectivity index (χ0n) is 10.9. The Labute approximate surface area is 112 Å². The van der Waals surface area contributed by atoms with Crippen LogP contribution in [0.1, 0.15) is 23.7 Å². The molecule has 0 aliphatic carbocycles. The maximum absolute atomic E-state index is 11.0. The second-order valence-electron chi connectivity index (χ2n) is 5.04. The average Bonchev–Trinajstić information content (AvgIpc) is 2.82. The number of carbonyl (C=O) groups excluding carboxylic acids is 1. The van der Waals surface area contributed by atoms with E-state index in [4.69, 9.17) is 0 Å². The third-order valence-corrected chi connectivity index (χ3v) is 3.60. The molecule has 0 spiro atoms. The molecular formula is C16H16N2O. The van der Waals surface area contributed by atoms with Crippen molar-refractivity contribution in [1.82, 2.24) is 4.57 Å². The van der Waals surface area contributed by atoms with Gasteiger partial charge in [0.05, 0.1) is 6.04 Å². The lowest BCUT2D eigenvalue weighted by Crippen LogP contribution is -2.16. The van der Waals surface area contributed by atoms with Gasteiger partial charge in [-0.05, 0) is 31.6 Å². The van der Waals surface area contributed by atoms with Crippen molar-refractivity contribution in [2.24, 2.45) is 4.99 Å². The monoisotopic (exact) mass is 252 g/mol. The van der Waals surface area contributed by atoms with Crippen LogP contribution in [0.2, 0.25) is 0 Å². The number of aldehydes is 1. The van der Waals surface area contributed by atoms with Gasteiger partial charge in [0.1, 0.15) is 0 Å². The molecule has 1 aromatic carbocycles. The maximum Gasteiger partial charge on any atom is 0.150 e. The Morgan fingerprint density at radius 1 is 1.42 bits per heavy atom. The summed E-state index contributed by atoms with van der Waals surface area (Å²) in [4.78, 5) is 15.5. The number of aromatic nitrogens is 1. The molecule has 0 amide bonds. The zero-order valence-corrected chi connectivity index (χ0v) is 10.9. The van der Waals surface area contributed by atoms with Crippen molar-refractivity contribution in [3.8, 4) is 0 Å². The number of benzene rings is 1. The number of hydrogen-bond acceptors (Lipinski definition) is 2. The van der Waals surface area contributed by atoms with Crippen molar-refractivity contribution in [3.05, 3.63) is 47.7 Å². The molecule has 0 fully saturated rings. The number of dihydropyridines is 1. The van der Waals surface area contributed by atoms with E-state index in [9.17, 15) is 4.79 Å². The van der Waals surface area contributed by atoms with Crippen LogP contribution in [0.15, 0.2) is 47.1 Å². The van der Waals surface area contributed by atoms with Crippen molar-refractivity contribution < 1.29 is 4.79 Å². The SMILES string of the molecule is CC1=CC=NC(Cn2ccc3c(C=O)cccc32)C1. The molecule has 0 saturated carbocycles. The van der Waals surface area contributed by atoms with Gasteiger partial charge in [-0.15, -0.1) is 0 Å². The number of allylic oxidation sites excluding steroid dienone is 1. The molecule has 19 heavy (non-hydrogen) atoms. The highest BCUT2D eigenvalue weighted by molar-refractivity contribution is 5.97. The molecule has 0 radical (unpaired) electrons. The number of hydrogen-bond donors (Lipinski definition) is 0. The Balaban J connectivity index is 1.92.